The molecule has 0 spiro atoms. The maximum Gasteiger partial charge on any atom is 0.124 e. The predicted molar refractivity (Wildman–Crippen MR) is 64.2 cm³/mol. The molecule has 0 aliphatic carbocycles. The van der Waals surface area contributed by atoms with Crippen LogP contribution < -0.4 is 16.0 Å². The number of nitrogens with two attached hydrogens (primary N) is 1. The molecule has 5 nitrogen and oxygen atoms in total. The van der Waals surface area contributed by atoms with Crippen molar-refractivity contribution in [1.29, 1.82) is 0 Å². The van der Waals surface area contributed by atoms with Gasteiger partial charge in [0.25, 0.3) is 0 Å². The summed E-state index contributed by atoms with van der Waals surface area (Å²) in [5.74, 6) is 6.39. The quantitative estimate of drug-likeness (QED) is 0.606. The zero-order valence-electron chi connectivity index (χ0n) is 9.50. The molecule has 1 atom stereocenters. The highest BCUT2D eigenvalue weighted by molar-refractivity contribution is 5.40. The first-order valence-electron chi connectivity index (χ1n) is 5.22. The van der Waals surface area contributed by atoms with E-state index in [2.05, 4.69) is 15.6 Å². The fourth-order valence-corrected chi connectivity index (χ4v) is 1.74. The lowest BCUT2D eigenvalue weighted by molar-refractivity contribution is 0.404. The number of methoxy groups -OCH3 is 1. The Balaban J connectivity index is 2.42. The number of para-hydroxylation sites is 1. The molecule has 1 heterocycles. The number of hydrogen-bond acceptors (Lipinski definition) is 5. The van der Waals surface area contributed by atoms with Crippen molar-refractivity contribution in [2.75, 3.05) is 7.11 Å². The SMILES string of the molecule is COc1ccccc1C(NN)c1ccnnc1. The van der Waals surface area contributed by atoms with Gasteiger partial charge in [-0.1, -0.05) is 18.2 Å². The van der Waals surface area contributed by atoms with E-state index in [1.165, 1.54) is 0 Å². The molecule has 0 saturated heterocycles. The monoisotopic (exact) mass is 230 g/mol. The summed E-state index contributed by atoms with van der Waals surface area (Å²) in [5, 5.41) is 7.60. The van der Waals surface area contributed by atoms with Crippen LogP contribution in [0.1, 0.15) is 17.2 Å². The molecule has 17 heavy (non-hydrogen) atoms. The Morgan fingerprint density at radius 2 is 2.06 bits per heavy atom. The number of benzene rings is 1. The van der Waals surface area contributed by atoms with Gasteiger partial charge in [0.05, 0.1) is 19.3 Å². The fraction of sp³-hybridized carbons (Fsp3) is 0.167. The Hall–Kier alpha value is -1.98. The van der Waals surface area contributed by atoms with Crippen molar-refractivity contribution in [1.82, 2.24) is 15.6 Å². The van der Waals surface area contributed by atoms with Crippen molar-refractivity contribution in [3.8, 4) is 5.75 Å². The van der Waals surface area contributed by atoms with Crippen molar-refractivity contribution >= 4 is 0 Å². The van der Waals surface area contributed by atoms with Gasteiger partial charge in [0, 0.05) is 11.8 Å². The van der Waals surface area contributed by atoms with Gasteiger partial charge in [-0.2, -0.15) is 10.2 Å². The van der Waals surface area contributed by atoms with Crippen LogP contribution in [0.3, 0.4) is 0 Å². The summed E-state index contributed by atoms with van der Waals surface area (Å²) in [6.45, 7) is 0. The lowest BCUT2D eigenvalue weighted by atomic mass is 10.0. The Bertz CT molecular complexity index is 475. The Morgan fingerprint density at radius 3 is 2.71 bits per heavy atom. The molecule has 0 aliphatic rings. The summed E-state index contributed by atoms with van der Waals surface area (Å²) in [6.07, 6.45) is 3.31. The molecule has 2 rings (SSSR count). The van der Waals surface area contributed by atoms with Crippen LogP contribution in [-0.4, -0.2) is 17.3 Å². The maximum absolute atomic E-state index is 5.61. The Labute approximate surface area is 99.6 Å². The number of nitrogens with zero attached hydrogens (tertiary/aromatic N) is 2. The maximum atomic E-state index is 5.61. The van der Waals surface area contributed by atoms with E-state index in [0.717, 1.165) is 16.9 Å². The summed E-state index contributed by atoms with van der Waals surface area (Å²) < 4.78 is 5.32. The third kappa shape index (κ3) is 2.41. The van der Waals surface area contributed by atoms with Crippen LogP contribution >= 0.6 is 0 Å². The third-order valence-electron chi connectivity index (χ3n) is 2.56. The van der Waals surface area contributed by atoms with Crippen LogP contribution in [0.15, 0.2) is 42.7 Å². The van der Waals surface area contributed by atoms with Crippen molar-refractivity contribution in [3.05, 3.63) is 53.9 Å². The molecule has 1 aromatic carbocycles. The number of nitrogens with one attached hydrogen (secondary N) is 1. The van der Waals surface area contributed by atoms with Crippen LogP contribution in [0.5, 0.6) is 5.75 Å². The molecule has 5 heteroatoms. The van der Waals surface area contributed by atoms with Crippen molar-refractivity contribution in [3.63, 3.8) is 0 Å². The molecule has 2 aromatic rings. The second-order valence-electron chi connectivity index (χ2n) is 3.52. The van der Waals surface area contributed by atoms with Crippen LogP contribution in [0.4, 0.5) is 0 Å². The summed E-state index contributed by atoms with van der Waals surface area (Å²) in [5.41, 5.74) is 4.66. The van der Waals surface area contributed by atoms with Crippen LogP contribution in [0.2, 0.25) is 0 Å². The smallest absolute Gasteiger partial charge is 0.124 e. The number of aromatic nitrogens is 2. The highest BCUT2D eigenvalue weighted by atomic mass is 16.5. The first kappa shape index (κ1) is 11.5. The standard InChI is InChI=1S/C12H14N4O/c1-17-11-5-3-2-4-10(11)12(16-13)9-6-7-14-15-8-9/h2-8,12,16H,13H2,1H3. The van der Waals surface area contributed by atoms with Crippen molar-refractivity contribution in [2.45, 2.75) is 6.04 Å². The second-order valence-corrected chi connectivity index (χ2v) is 3.52. The first-order valence-corrected chi connectivity index (χ1v) is 5.22. The molecule has 0 bridgehead atoms. The minimum atomic E-state index is -0.165. The van der Waals surface area contributed by atoms with Gasteiger partial charge in [-0.3, -0.25) is 5.84 Å². The normalized spacial score (nSPS) is 12.1. The largest absolute Gasteiger partial charge is 0.496 e. The van der Waals surface area contributed by atoms with Crippen LogP contribution in [-0.2, 0) is 0 Å². The summed E-state index contributed by atoms with van der Waals surface area (Å²) >= 11 is 0. The lowest BCUT2D eigenvalue weighted by Gasteiger charge is -2.18. The van der Waals surface area contributed by atoms with Crippen LogP contribution in [0.25, 0.3) is 0 Å². The van der Waals surface area contributed by atoms with E-state index in [9.17, 15) is 0 Å². The zero-order chi connectivity index (χ0) is 12.1. The molecule has 0 amide bonds. The molecule has 88 valence electrons. The zero-order valence-corrected chi connectivity index (χ0v) is 9.50. The number of rotatable bonds is 4. The Morgan fingerprint density at radius 1 is 1.24 bits per heavy atom. The predicted octanol–water partition coefficient (Wildman–Crippen LogP) is 1.04. The van der Waals surface area contributed by atoms with E-state index in [0.29, 0.717) is 0 Å². The van der Waals surface area contributed by atoms with Gasteiger partial charge in [0.15, 0.2) is 0 Å². The minimum Gasteiger partial charge on any atom is -0.496 e. The van der Waals surface area contributed by atoms with Crippen LogP contribution in [0, 0.1) is 0 Å². The Kier molecular flexibility index (Phi) is 3.64. The summed E-state index contributed by atoms with van der Waals surface area (Å²) in [6, 6.07) is 9.42. The van der Waals surface area contributed by atoms with Gasteiger partial charge in [-0.25, -0.2) is 5.43 Å². The van der Waals surface area contributed by atoms with E-state index in [4.69, 9.17) is 10.6 Å². The average molecular weight is 230 g/mol. The van der Waals surface area contributed by atoms with E-state index in [1.807, 2.05) is 30.3 Å². The fourth-order valence-electron chi connectivity index (χ4n) is 1.74. The molecule has 0 aliphatic heterocycles. The topological polar surface area (TPSA) is 73.1 Å². The molecular formula is C12H14N4O. The molecule has 0 radical (unpaired) electrons. The highest BCUT2D eigenvalue weighted by Gasteiger charge is 2.16. The van der Waals surface area contributed by atoms with Crippen molar-refractivity contribution < 1.29 is 4.74 Å². The van der Waals surface area contributed by atoms with Gasteiger partial charge < -0.3 is 4.74 Å². The molecule has 0 saturated carbocycles. The van der Waals surface area contributed by atoms with E-state index >= 15 is 0 Å². The lowest BCUT2D eigenvalue weighted by Crippen LogP contribution is -2.29. The molecule has 1 aromatic heterocycles. The van der Waals surface area contributed by atoms with E-state index < -0.39 is 0 Å². The van der Waals surface area contributed by atoms with Gasteiger partial charge in [0.2, 0.25) is 0 Å². The number of hydrogen-bond donors (Lipinski definition) is 2. The average Bonchev–Trinajstić information content (AvgIpc) is 2.41. The highest BCUT2D eigenvalue weighted by Crippen LogP contribution is 2.28. The van der Waals surface area contributed by atoms with Gasteiger partial charge in [-0.15, -0.1) is 0 Å². The molecule has 1 unspecified atom stereocenters. The number of ether oxygens (including phenoxy) is 1. The third-order valence-corrected chi connectivity index (χ3v) is 2.56. The first-order chi connectivity index (χ1) is 8.36. The van der Waals surface area contributed by atoms with Gasteiger partial charge in [0.1, 0.15) is 5.75 Å². The molecule has 0 fully saturated rings. The molecule has 3 N–H and O–H groups in total. The summed E-state index contributed by atoms with van der Waals surface area (Å²) in [4.78, 5) is 0. The molecular weight excluding hydrogens is 216 g/mol. The van der Waals surface area contributed by atoms with E-state index in [1.54, 1.807) is 19.5 Å². The second kappa shape index (κ2) is 5.38. The van der Waals surface area contributed by atoms with Crippen molar-refractivity contribution in [2.24, 2.45) is 5.84 Å². The van der Waals surface area contributed by atoms with Gasteiger partial charge in [-0.05, 0) is 17.7 Å². The van der Waals surface area contributed by atoms with E-state index in [-0.39, 0.29) is 6.04 Å². The number of hydrazine groups is 1. The minimum absolute atomic E-state index is 0.165. The summed E-state index contributed by atoms with van der Waals surface area (Å²) in [7, 11) is 1.64. The van der Waals surface area contributed by atoms with Gasteiger partial charge >= 0.3 is 0 Å².